The van der Waals surface area contributed by atoms with E-state index in [4.69, 9.17) is 0 Å². The lowest BCUT2D eigenvalue weighted by molar-refractivity contribution is 0.589. The molecule has 0 saturated carbocycles. The summed E-state index contributed by atoms with van der Waals surface area (Å²) in [6.45, 7) is 8.31. The molecule has 0 radical (unpaired) electrons. The summed E-state index contributed by atoms with van der Waals surface area (Å²) in [5.41, 5.74) is 10.1. The molecule has 5 heteroatoms. The van der Waals surface area contributed by atoms with Crippen LogP contribution < -0.4 is 0 Å². The molecule has 2 aromatic heterocycles. The Balaban J connectivity index is 1.61. The van der Waals surface area contributed by atoms with Crippen LogP contribution in [0.1, 0.15) is 27.8 Å². The third-order valence-corrected chi connectivity index (χ3v) is 9.10. The molecule has 3 nitrogen and oxygen atoms in total. The van der Waals surface area contributed by atoms with Gasteiger partial charge in [-0.25, -0.2) is 8.78 Å². The van der Waals surface area contributed by atoms with Gasteiger partial charge in [-0.3, -0.25) is 0 Å². The van der Waals surface area contributed by atoms with Gasteiger partial charge in [0.05, 0.1) is 50.6 Å². The molecule has 6 aromatic carbocycles. The number of hydrogen-bond acceptors (Lipinski definition) is 1. The maximum absolute atomic E-state index is 15.4. The van der Waals surface area contributed by atoms with E-state index in [2.05, 4.69) is 116 Å². The normalized spacial score (nSPS) is 11.7. The second-order valence-electron chi connectivity index (χ2n) is 12.3. The van der Waals surface area contributed by atoms with Gasteiger partial charge >= 0.3 is 0 Å². The first-order valence-electron chi connectivity index (χ1n) is 15.3. The smallest absolute Gasteiger partial charge is 0.134 e. The minimum absolute atomic E-state index is 0.185. The Morgan fingerprint density at radius 2 is 0.870 bits per heavy atom. The second kappa shape index (κ2) is 10.2. The van der Waals surface area contributed by atoms with Crippen molar-refractivity contribution in [3.8, 4) is 28.6 Å². The minimum atomic E-state index is -0.716. The molecule has 0 saturated heterocycles. The predicted octanol–water partition coefficient (Wildman–Crippen LogP) is 10.9. The first-order chi connectivity index (χ1) is 22.2. The standard InChI is InChI=1S/C41H29F2N3/c1-23-8-12-35-29(16-23)30-17-24(2)9-13-36(30)45(35)39-20-27(22-44)28(41-33(42)6-5-7-34(41)43)21-40(39)46-37-14-10-25(3)18-31(37)32-19-26(4)11-15-38(32)46/h5-21H,1-4H3. The van der Waals surface area contributed by atoms with Gasteiger partial charge in [0, 0.05) is 27.1 Å². The quantitative estimate of drug-likeness (QED) is 0.198. The lowest BCUT2D eigenvalue weighted by atomic mass is 9.97. The number of nitriles is 1. The molecule has 8 rings (SSSR count). The molecular formula is C41H29F2N3. The van der Waals surface area contributed by atoms with Gasteiger partial charge in [0.15, 0.2) is 0 Å². The molecule has 0 amide bonds. The largest absolute Gasteiger partial charge is 0.307 e. The molecule has 0 atom stereocenters. The van der Waals surface area contributed by atoms with Crippen molar-refractivity contribution in [3.05, 3.63) is 143 Å². The van der Waals surface area contributed by atoms with Crippen molar-refractivity contribution in [2.75, 3.05) is 0 Å². The zero-order chi connectivity index (χ0) is 31.9. The number of nitrogens with zero attached hydrogens (tertiary/aromatic N) is 3. The Hall–Kier alpha value is -5.73. The van der Waals surface area contributed by atoms with Crippen molar-refractivity contribution in [1.29, 1.82) is 5.26 Å². The monoisotopic (exact) mass is 601 g/mol. The van der Waals surface area contributed by atoms with E-state index in [0.29, 0.717) is 5.69 Å². The van der Waals surface area contributed by atoms with E-state index in [-0.39, 0.29) is 16.7 Å². The molecule has 0 aliphatic carbocycles. The SMILES string of the molecule is Cc1ccc2c(c1)c1cc(C)ccc1n2-c1cc(C#N)c(-c2c(F)cccc2F)cc1-n1c2ccc(C)cc2c2cc(C)ccc21. The first kappa shape index (κ1) is 27.8. The molecule has 0 aliphatic heterocycles. The summed E-state index contributed by atoms with van der Waals surface area (Å²) in [5.74, 6) is -1.43. The highest BCUT2D eigenvalue weighted by Crippen LogP contribution is 2.42. The van der Waals surface area contributed by atoms with Crippen LogP contribution in [0.25, 0.3) is 66.1 Å². The summed E-state index contributed by atoms with van der Waals surface area (Å²) in [5, 5.41) is 14.9. The average Bonchev–Trinajstić information content (AvgIpc) is 3.51. The first-order valence-corrected chi connectivity index (χ1v) is 15.3. The van der Waals surface area contributed by atoms with Gasteiger partial charge in [-0.05, 0) is 100 Å². The van der Waals surface area contributed by atoms with Gasteiger partial charge in [0.25, 0.3) is 0 Å². The maximum atomic E-state index is 15.4. The molecule has 0 fully saturated rings. The number of hydrogen-bond donors (Lipinski definition) is 0. The van der Waals surface area contributed by atoms with Gasteiger partial charge in [-0.2, -0.15) is 5.26 Å². The highest BCUT2D eigenvalue weighted by molar-refractivity contribution is 6.12. The Labute approximate surface area is 265 Å². The van der Waals surface area contributed by atoms with Crippen LogP contribution in [-0.4, -0.2) is 9.13 Å². The van der Waals surface area contributed by atoms with Gasteiger partial charge in [-0.15, -0.1) is 0 Å². The van der Waals surface area contributed by atoms with Crippen LogP contribution >= 0.6 is 0 Å². The fourth-order valence-electron chi connectivity index (χ4n) is 7.01. The van der Waals surface area contributed by atoms with Crippen molar-refractivity contribution >= 4 is 43.6 Å². The molecular weight excluding hydrogens is 572 g/mol. The third kappa shape index (κ3) is 4.07. The van der Waals surface area contributed by atoms with Crippen molar-refractivity contribution in [2.45, 2.75) is 27.7 Å². The summed E-state index contributed by atoms with van der Waals surface area (Å²) < 4.78 is 35.2. The van der Waals surface area contributed by atoms with E-state index in [1.807, 2.05) is 0 Å². The van der Waals surface area contributed by atoms with E-state index in [9.17, 15) is 5.26 Å². The Morgan fingerprint density at radius 3 is 1.24 bits per heavy atom. The summed E-state index contributed by atoms with van der Waals surface area (Å²) in [6.07, 6.45) is 0. The maximum Gasteiger partial charge on any atom is 0.134 e. The Kier molecular flexibility index (Phi) is 6.13. The molecule has 46 heavy (non-hydrogen) atoms. The molecule has 0 spiro atoms. The highest BCUT2D eigenvalue weighted by Gasteiger charge is 2.24. The third-order valence-electron chi connectivity index (χ3n) is 9.10. The molecule has 0 unspecified atom stereocenters. The van der Waals surface area contributed by atoms with Crippen LogP contribution in [0.4, 0.5) is 8.78 Å². The molecule has 0 aliphatic rings. The van der Waals surface area contributed by atoms with Crippen LogP contribution in [0, 0.1) is 50.7 Å². The van der Waals surface area contributed by atoms with Crippen LogP contribution in [-0.2, 0) is 0 Å². The Bertz CT molecular complexity index is 2470. The van der Waals surface area contributed by atoms with E-state index in [1.54, 1.807) is 12.1 Å². The second-order valence-corrected chi connectivity index (χ2v) is 12.3. The number of rotatable bonds is 3. The summed E-state index contributed by atoms with van der Waals surface area (Å²) in [4.78, 5) is 0. The zero-order valence-corrected chi connectivity index (χ0v) is 25.9. The van der Waals surface area contributed by atoms with Crippen molar-refractivity contribution < 1.29 is 8.78 Å². The van der Waals surface area contributed by atoms with Crippen LogP contribution in [0.15, 0.2) is 103 Å². The minimum Gasteiger partial charge on any atom is -0.307 e. The molecule has 0 N–H and O–H groups in total. The van der Waals surface area contributed by atoms with E-state index >= 15 is 8.78 Å². The molecule has 222 valence electrons. The van der Waals surface area contributed by atoms with Crippen molar-refractivity contribution in [3.63, 3.8) is 0 Å². The number of benzene rings is 6. The highest BCUT2D eigenvalue weighted by atomic mass is 19.1. The van der Waals surface area contributed by atoms with E-state index in [1.165, 1.54) is 18.2 Å². The van der Waals surface area contributed by atoms with E-state index in [0.717, 1.165) is 71.6 Å². The summed E-state index contributed by atoms with van der Waals surface area (Å²) in [6, 6.07) is 35.1. The fourth-order valence-corrected chi connectivity index (χ4v) is 7.01. The number of aryl methyl sites for hydroxylation is 4. The molecule has 2 heterocycles. The molecule has 8 aromatic rings. The van der Waals surface area contributed by atoms with Crippen LogP contribution in [0.2, 0.25) is 0 Å². The fraction of sp³-hybridized carbons (Fsp3) is 0.0976. The Morgan fingerprint density at radius 1 is 0.500 bits per heavy atom. The summed E-state index contributed by atoms with van der Waals surface area (Å²) >= 11 is 0. The van der Waals surface area contributed by atoms with Crippen LogP contribution in [0.3, 0.4) is 0 Å². The topological polar surface area (TPSA) is 33.6 Å². The predicted molar refractivity (Wildman–Crippen MR) is 184 cm³/mol. The van der Waals surface area contributed by atoms with Gasteiger partial charge < -0.3 is 9.13 Å². The summed E-state index contributed by atoms with van der Waals surface area (Å²) in [7, 11) is 0. The lowest BCUT2D eigenvalue weighted by Gasteiger charge is -2.20. The molecule has 0 bridgehead atoms. The zero-order valence-electron chi connectivity index (χ0n) is 25.9. The lowest BCUT2D eigenvalue weighted by Crippen LogP contribution is -2.06. The number of fused-ring (bicyclic) bond motifs is 6. The van der Waals surface area contributed by atoms with Gasteiger partial charge in [0.2, 0.25) is 0 Å². The van der Waals surface area contributed by atoms with E-state index < -0.39 is 11.6 Å². The van der Waals surface area contributed by atoms with Gasteiger partial charge in [0.1, 0.15) is 11.6 Å². The average molecular weight is 602 g/mol. The number of aromatic nitrogens is 2. The van der Waals surface area contributed by atoms with Crippen molar-refractivity contribution in [1.82, 2.24) is 9.13 Å². The van der Waals surface area contributed by atoms with Crippen LogP contribution in [0.5, 0.6) is 0 Å². The number of halogens is 2. The van der Waals surface area contributed by atoms with Crippen molar-refractivity contribution in [2.24, 2.45) is 0 Å². The van der Waals surface area contributed by atoms with Gasteiger partial charge in [-0.1, -0.05) is 52.6 Å².